The fraction of sp³-hybridized carbons (Fsp3) is 0.273. The van der Waals surface area contributed by atoms with Crippen LogP contribution in [-0.2, 0) is 5.41 Å². The lowest BCUT2D eigenvalue weighted by Crippen LogP contribution is -2.16. The van der Waals surface area contributed by atoms with E-state index in [1.807, 2.05) is 12.1 Å². The van der Waals surface area contributed by atoms with Gasteiger partial charge in [0, 0.05) is 5.56 Å². The van der Waals surface area contributed by atoms with E-state index in [9.17, 15) is 4.39 Å². The molecule has 70 valence electrons. The Kier molecular flexibility index (Phi) is 2.53. The van der Waals surface area contributed by atoms with E-state index in [4.69, 9.17) is 10.5 Å². The molecule has 0 heterocycles. The van der Waals surface area contributed by atoms with Gasteiger partial charge in [-0.3, -0.25) is 0 Å². The predicted octanol–water partition coefficient (Wildman–Crippen LogP) is 2.50. The Morgan fingerprint density at radius 1 is 1.29 bits per heavy atom. The molecular formula is C11H9FN2. The summed E-state index contributed by atoms with van der Waals surface area (Å²) in [5.74, 6) is -0.504. The highest BCUT2D eigenvalue weighted by atomic mass is 19.1. The number of hydrogen-bond acceptors (Lipinski definition) is 2. The Morgan fingerprint density at radius 3 is 2.36 bits per heavy atom. The second kappa shape index (κ2) is 3.47. The Balaban J connectivity index is 3.29. The van der Waals surface area contributed by atoms with Crippen molar-refractivity contribution in [2.45, 2.75) is 19.3 Å². The van der Waals surface area contributed by atoms with Crippen LogP contribution in [0.1, 0.15) is 25.0 Å². The van der Waals surface area contributed by atoms with Crippen LogP contribution < -0.4 is 0 Å². The lowest BCUT2D eigenvalue weighted by Gasteiger charge is -2.16. The molecule has 1 aromatic rings. The summed E-state index contributed by atoms with van der Waals surface area (Å²) >= 11 is 0. The summed E-state index contributed by atoms with van der Waals surface area (Å²) < 4.78 is 13.4. The van der Waals surface area contributed by atoms with Crippen molar-refractivity contribution in [3.05, 3.63) is 35.1 Å². The molecule has 0 N–H and O–H groups in total. The molecule has 0 radical (unpaired) electrons. The third kappa shape index (κ3) is 1.72. The lowest BCUT2D eigenvalue weighted by molar-refractivity contribution is 0.564. The van der Waals surface area contributed by atoms with Crippen LogP contribution >= 0.6 is 0 Å². The molecule has 0 saturated carbocycles. The minimum Gasteiger partial charge on any atom is -0.207 e. The molecule has 0 saturated heterocycles. The maximum absolute atomic E-state index is 13.4. The molecule has 3 heteroatoms. The first-order valence-electron chi connectivity index (χ1n) is 4.12. The van der Waals surface area contributed by atoms with Crippen molar-refractivity contribution in [2.75, 3.05) is 0 Å². The summed E-state index contributed by atoms with van der Waals surface area (Å²) in [7, 11) is 0. The minimum atomic E-state index is -0.863. The highest BCUT2D eigenvalue weighted by Crippen LogP contribution is 2.25. The second-order valence-corrected chi connectivity index (χ2v) is 3.54. The van der Waals surface area contributed by atoms with Crippen LogP contribution in [-0.4, -0.2) is 0 Å². The molecule has 1 rings (SSSR count). The maximum atomic E-state index is 13.4. The number of nitrogens with zero attached hydrogens (tertiary/aromatic N) is 2. The van der Waals surface area contributed by atoms with E-state index in [1.54, 1.807) is 13.8 Å². The van der Waals surface area contributed by atoms with E-state index in [-0.39, 0.29) is 5.56 Å². The molecule has 0 bridgehead atoms. The van der Waals surface area contributed by atoms with Crippen molar-refractivity contribution in [1.82, 2.24) is 0 Å². The number of hydrogen-bond donors (Lipinski definition) is 0. The number of rotatable bonds is 1. The zero-order chi connectivity index (χ0) is 10.8. The van der Waals surface area contributed by atoms with Gasteiger partial charge in [-0.05, 0) is 26.0 Å². The fourth-order valence-electron chi connectivity index (χ4n) is 1.15. The van der Waals surface area contributed by atoms with E-state index in [0.717, 1.165) is 6.07 Å². The van der Waals surface area contributed by atoms with E-state index in [1.165, 1.54) is 12.1 Å². The van der Waals surface area contributed by atoms with Gasteiger partial charge in [0.2, 0.25) is 0 Å². The van der Waals surface area contributed by atoms with Gasteiger partial charge in [0.1, 0.15) is 5.82 Å². The molecule has 0 fully saturated rings. The summed E-state index contributed by atoms with van der Waals surface area (Å²) in [6, 6.07) is 8.00. The third-order valence-corrected chi connectivity index (χ3v) is 2.05. The highest BCUT2D eigenvalue weighted by molar-refractivity contribution is 5.38. The van der Waals surface area contributed by atoms with Crippen LogP contribution in [0.15, 0.2) is 18.2 Å². The van der Waals surface area contributed by atoms with E-state index >= 15 is 0 Å². The SMILES string of the molecule is CC(C)(C#N)c1ccc(C#N)cc1F. The van der Waals surface area contributed by atoms with Gasteiger partial charge in [-0.2, -0.15) is 10.5 Å². The van der Waals surface area contributed by atoms with E-state index in [0.29, 0.717) is 5.56 Å². The standard InChI is InChI=1S/C11H9FN2/c1-11(2,7-14)9-4-3-8(6-13)5-10(9)12/h3-5H,1-2H3. The molecule has 1 aromatic carbocycles. The largest absolute Gasteiger partial charge is 0.207 e. The molecule has 0 spiro atoms. The number of benzene rings is 1. The number of nitriles is 2. The first-order chi connectivity index (χ1) is 6.51. The highest BCUT2D eigenvalue weighted by Gasteiger charge is 2.23. The molecule has 0 atom stereocenters. The van der Waals surface area contributed by atoms with Gasteiger partial charge in [-0.1, -0.05) is 6.07 Å². The molecule has 0 aliphatic rings. The zero-order valence-electron chi connectivity index (χ0n) is 8.00. The number of halogens is 1. The Hall–Kier alpha value is -1.87. The van der Waals surface area contributed by atoms with Gasteiger partial charge in [0.25, 0.3) is 0 Å². The molecular weight excluding hydrogens is 179 g/mol. The zero-order valence-corrected chi connectivity index (χ0v) is 8.00. The molecule has 0 aromatic heterocycles. The Bertz CT molecular complexity index is 436. The predicted molar refractivity (Wildman–Crippen MR) is 49.8 cm³/mol. The Labute approximate surface area is 82.2 Å². The second-order valence-electron chi connectivity index (χ2n) is 3.54. The van der Waals surface area contributed by atoms with Gasteiger partial charge in [-0.25, -0.2) is 4.39 Å². The topological polar surface area (TPSA) is 47.6 Å². The van der Waals surface area contributed by atoms with Crippen molar-refractivity contribution in [2.24, 2.45) is 0 Å². The first-order valence-corrected chi connectivity index (χ1v) is 4.12. The average molecular weight is 188 g/mol. The van der Waals surface area contributed by atoms with Gasteiger partial charge in [0.15, 0.2) is 0 Å². The van der Waals surface area contributed by atoms with Gasteiger partial charge < -0.3 is 0 Å². The smallest absolute Gasteiger partial charge is 0.129 e. The molecule has 0 aliphatic carbocycles. The maximum Gasteiger partial charge on any atom is 0.129 e. The molecule has 0 aliphatic heterocycles. The van der Waals surface area contributed by atoms with Crippen molar-refractivity contribution in [3.63, 3.8) is 0 Å². The summed E-state index contributed by atoms with van der Waals surface area (Å²) in [5, 5.41) is 17.3. The quantitative estimate of drug-likeness (QED) is 0.679. The monoisotopic (exact) mass is 188 g/mol. The minimum absolute atomic E-state index is 0.264. The van der Waals surface area contributed by atoms with Crippen LogP contribution in [0.5, 0.6) is 0 Å². The van der Waals surface area contributed by atoms with E-state index < -0.39 is 11.2 Å². The van der Waals surface area contributed by atoms with Crippen molar-refractivity contribution < 1.29 is 4.39 Å². The summed E-state index contributed by atoms with van der Waals surface area (Å²) in [5.41, 5.74) is -0.281. The van der Waals surface area contributed by atoms with Crippen LogP contribution in [0.4, 0.5) is 4.39 Å². The van der Waals surface area contributed by atoms with E-state index in [2.05, 4.69) is 0 Å². The van der Waals surface area contributed by atoms with Crippen LogP contribution in [0, 0.1) is 28.5 Å². The van der Waals surface area contributed by atoms with Crippen molar-refractivity contribution in [3.8, 4) is 12.1 Å². The average Bonchev–Trinajstić information content (AvgIpc) is 2.17. The van der Waals surface area contributed by atoms with Gasteiger partial charge in [-0.15, -0.1) is 0 Å². The first kappa shape index (κ1) is 10.2. The lowest BCUT2D eigenvalue weighted by atomic mass is 9.85. The normalized spacial score (nSPS) is 10.4. The summed E-state index contributed by atoms with van der Waals surface area (Å²) in [4.78, 5) is 0. The summed E-state index contributed by atoms with van der Waals surface area (Å²) in [6.07, 6.45) is 0. The molecule has 0 unspecified atom stereocenters. The fourth-order valence-corrected chi connectivity index (χ4v) is 1.15. The summed E-state index contributed by atoms with van der Waals surface area (Å²) in [6.45, 7) is 3.27. The molecule has 2 nitrogen and oxygen atoms in total. The van der Waals surface area contributed by atoms with Gasteiger partial charge in [0.05, 0.1) is 23.1 Å². The van der Waals surface area contributed by atoms with Gasteiger partial charge >= 0.3 is 0 Å². The van der Waals surface area contributed by atoms with Crippen LogP contribution in [0.2, 0.25) is 0 Å². The Morgan fingerprint density at radius 2 is 1.93 bits per heavy atom. The van der Waals surface area contributed by atoms with Crippen LogP contribution in [0.25, 0.3) is 0 Å². The van der Waals surface area contributed by atoms with Crippen molar-refractivity contribution >= 4 is 0 Å². The molecule has 0 amide bonds. The van der Waals surface area contributed by atoms with Crippen molar-refractivity contribution in [1.29, 1.82) is 10.5 Å². The third-order valence-electron chi connectivity index (χ3n) is 2.05. The van der Waals surface area contributed by atoms with Crippen LogP contribution in [0.3, 0.4) is 0 Å². The molecule has 14 heavy (non-hydrogen) atoms.